The predicted molar refractivity (Wildman–Crippen MR) is 62.0 cm³/mol. The second-order valence-electron chi connectivity index (χ2n) is 4.96. The molecule has 2 fully saturated rings. The summed E-state index contributed by atoms with van der Waals surface area (Å²) in [6.45, 7) is 6.36. The van der Waals surface area contributed by atoms with E-state index >= 15 is 0 Å². The molecule has 0 aromatic carbocycles. The second-order valence-corrected chi connectivity index (χ2v) is 4.96. The van der Waals surface area contributed by atoms with E-state index in [2.05, 4.69) is 24.2 Å². The summed E-state index contributed by atoms with van der Waals surface area (Å²) in [6, 6.07) is 1.50. The monoisotopic (exact) mass is 212 g/mol. The van der Waals surface area contributed by atoms with Gasteiger partial charge in [-0.05, 0) is 32.9 Å². The highest BCUT2D eigenvalue weighted by molar-refractivity contribution is 4.88. The van der Waals surface area contributed by atoms with Crippen LogP contribution in [0.3, 0.4) is 0 Å². The first-order valence-corrected chi connectivity index (χ1v) is 6.32. The maximum absolute atomic E-state index is 5.48. The minimum absolute atomic E-state index is 0.628. The Morgan fingerprint density at radius 1 is 1.40 bits per heavy atom. The lowest BCUT2D eigenvalue weighted by Crippen LogP contribution is -2.45. The fourth-order valence-corrected chi connectivity index (χ4v) is 2.49. The average molecular weight is 212 g/mol. The van der Waals surface area contributed by atoms with Crippen LogP contribution >= 0.6 is 0 Å². The Hall–Kier alpha value is -0.120. The van der Waals surface area contributed by atoms with E-state index < -0.39 is 0 Å². The first kappa shape index (κ1) is 11.4. The Bertz CT molecular complexity index is 188. The molecule has 3 nitrogen and oxygen atoms in total. The quantitative estimate of drug-likeness (QED) is 0.713. The molecule has 0 aromatic rings. The largest absolute Gasteiger partial charge is 0.381 e. The average Bonchev–Trinajstić information content (AvgIpc) is 2.94. The van der Waals surface area contributed by atoms with Gasteiger partial charge in [0, 0.05) is 31.2 Å². The van der Waals surface area contributed by atoms with Gasteiger partial charge in [-0.25, -0.2) is 0 Å². The van der Waals surface area contributed by atoms with Crippen molar-refractivity contribution < 1.29 is 4.74 Å². The highest BCUT2D eigenvalue weighted by atomic mass is 16.5. The van der Waals surface area contributed by atoms with Crippen molar-refractivity contribution in [3.05, 3.63) is 0 Å². The van der Waals surface area contributed by atoms with Gasteiger partial charge in [0.1, 0.15) is 0 Å². The Morgan fingerprint density at radius 2 is 2.20 bits per heavy atom. The first-order chi connectivity index (χ1) is 7.31. The molecule has 88 valence electrons. The van der Waals surface area contributed by atoms with Crippen LogP contribution in [0, 0.1) is 5.92 Å². The molecule has 0 spiro atoms. The Kier molecular flexibility index (Phi) is 4.00. The third-order valence-electron chi connectivity index (χ3n) is 3.66. The lowest BCUT2D eigenvalue weighted by molar-refractivity contribution is 0.166. The van der Waals surface area contributed by atoms with Gasteiger partial charge in [-0.2, -0.15) is 0 Å². The van der Waals surface area contributed by atoms with Gasteiger partial charge in [-0.15, -0.1) is 0 Å². The summed E-state index contributed by atoms with van der Waals surface area (Å²) in [5.74, 6) is 0.728. The summed E-state index contributed by atoms with van der Waals surface area (Å²) in [4.78, 5) is 2.52. The minimum atomic E-state index is 0.628. The van der Waals surface area contributed by atoms with Crippen molar-refractivity contribution >= 4 is 0 Å². The molecular formula is C12H24N2O. The zero-order valence-electron chi connectivity index (χ0n) is 10.0. The van der Waals surface area contributed by atoms with E-state index in [1.54, 1.807) is 0 Å². The standard InChI is InChI=1S/C12H24N2O/c1-3-13-12(10-6-7-15-9-10)8-14(2)11-4-5-11/h10-13H,3-9H2,1-2H3. The molecule has 2 rings (SSSR count). The van der Waals surface area contributed by atoms with Gasteiger partial charge in [0.2, 0.25) is 0 Å². The van der Waals surface area contributed by atoms with E-state index in [-0.39, 0.29) is 0 Å². The number of hydrogen-bond donors (Lipinski definition) is 1. The van der Waals surface area contributed by atoms with Crippen molar-refractivity contribution in [3.63, 3.8) is 0 Å². The van der Waals surface area contributed by atoms with E-state index in [0.29, 0.717) is 6.04 Å². The third kappa shape index (κ3) is 3.16. The van der Waals surface area contributed by atoms with Crippen LogP contribution in [0.15, 0.2) is 0 Å². The summed E-state index contributed by atoms with van der Waals surface area (Å²) >= 11 is 0. The number of nitrogens with one attached hydrogen (secondary N) is 1. The van der Waals surface area contributed by atoms with Gasteiger partial charge >= 0.3 is 0 Å². The van der Waals surface area contributed by atoms with Gasteiger partial charge < -0.3 is 15.0 Å². The van der Waals surface area contributed by atoms with E-state index in [4.69, 9.17) is 4.74 Å². The Balaban J connectivity index is 1.80. The van der Waals surface area contributed by atoms with Crippen molar-refractivity contribution in [1.82, 2.24) is 10.2 Å². The smallest absolute Gasteiger partial charge is 0.0510 e. The number of likely N-dealkylation sites (N-methyl/N-ethyl adjacent to an activating group) is 2. The van der Waals surface area contributed by atoms with Crippen LogP contribution in [0.4, 0.5) is 0 Å². The number of ether oxygens (including phenoxy) is 1. The Labute approximate surface area is 93.2 Å². The molecule has 1 N–H and O–H groups in total. The summed E-state index contributed by atoms with van der Waals surface area (Å²) in [6.07, 6.45) is 4.03. The highest BCUT2D eigenvalue weighted by Gasteiger charge is 2.31. The molecule has 1 heterocycles. The lowest BCUT2D eigenvalue weighted by Gasteiger charge is -2.28. The van der Waals surface area contributed by atoms with Gasteiger partial charge in [0.15, 0.2) is 0 Å². The number of rotatable bonds is 6. The fraction of sp³-hybridized carbons (Fsp3) is 1.00. The van der Waals surface area contributed by atoms with Crippen molar-refractivity contribution in [2.45, 2.75) is 38.3 Å². The summed E-state index contributed by atoms with van der Waals surface area (Å²) < 4.78 is 5.48. The maximum atomic E-state index is 5.48. The van der Waals surface area contributed by atoms with Crippen molar-refractivity contribution in [2.24, 2.45) is 5.92 Å². The first-order valence-electron chi connectivity index (χ1n) is 6.32. The van der Waals surface area contributed by atoms with Gasteiger partial charge in [-0.1, -0.05) is 6.92 Å². The molecule has 1 aliphatic heterocycles. The third-order valence-corrected chi connectivity index (χ3v) is 3.66. The molecule has 2 aliphatic rings. The lowest BCUT2D eigenvalue weighted by atomic mass is 9.98. The summed E-state index contributed by atoms with van der Waals surface area (Å²) in [7, 11) is 2.26. The van der Waals surface area contributed by atoms with E-state index in [0.717, 1.165) is 31.7 Å². The summed E-state index contributed by atoms with van der Waals surface area (Å²) in [5.41, 5.74) is 0. The van der Waals surface area contributed by atoms with Gasteiger partial charge in [-0.3, -0.25) is 0 Å². The molecule has 1 saturated carbocycles. The molecule has 2 unspecified atom stereocenters. The molecule has 0 radical (unpaired) electrons. The van der Waals surface area contributed by atoms with E-state index in [9.17, 15) is 0 Å². The highest BCUT2D eigenvalue weighted by Crippen LogP contribution is 2.26. The summed E-state index contributed by atoms with van der Waals surface area (Å²) in [5, 5.41) is 3.62. The SMILES string of the molecule is CCNC(CN(C)C1CC1)C1CCOC1. The van der Waals surface area contributed by atoms with E-state index in [1.807, 2.05) is 0 Å². The zero-order chi connectivity index (χ0) is 10.7. The van der Waals surface area contributed by atoms with Crippen molar-refractivity contribution in [2.75, 3.05) is 33.4 Å². The molecule has 0 aromatic heterocycles. The molecule has 1 aliphatic carbocycles. The van der Waals surface area contributed by atoms with Crippen LogP contribution in [0.2, 0.25) is 0 Å². The fourth-order valence-electron chi connectivity index (χ4n) is 2.49. The molecule has 15 heavy (non-hydrogen) atoms. The Morgan fingerprint density at radius 3 is 2.73 bits per heavy atom. The topological polar surface area (TPSA) is 24.5 Å². The van der Waals surface area contributed by atoms with Crippen LogP contribution in [-0.4, -0.2) is 50.3 Å². The molecule has 0 amide bonds. The number of nitrogens with zero attached hydrogens (tertiary/aromatic N) is 1. The second kappa shape index (κ2) is 5.28. The van der Waals surface area contributed by atoms with Gasteiger partial charge in [0.25, 0.3) is 0 Å². The van der Waals surface area contributed by atoms with Crippen LogP contribution in [0.1, 0.15) is 26.2 Å². The van der Waals surface area contributed by atoms with Crippen LogP contribution in [0.5, 0.6) is 0 Å². The molecule has 0 bridgehead atoms. The van der Waals surface area contributed by atoms with Crippen LogP contribution in [0.25, 0.3) is 0 Å². The van der Waals surface area contributed by atoms with Gasteiger partial charge in [0.05, 0.1) is 6.61 Å². The molecule has 1 saturated heterocycles. The van der Waals surface area contributed by atoms with E-state index in [1.165, 1.54) is 25.8 Å². The predicted octanol–water partition coefficient (Wildman–Crippen LogP) is 1.10. The normalized spacial score (nSPS) is 28.6. The van der Waals surface area contributed by atoms with Crippen LogP contribution < -0.4 is 5.32 Å². The number of hydrogen-bond acceptors (Lipinski definition) is 3. The van der Waals surface area contributed by atoms with Crippen molar-refractivity contribution in [1.29, 1.82) is 0 Å². The minimum Gasteiger partial charge on any atom is -0.381 e. The maximum Gasteiger partial charge on any atom is 0.0510 e. The molecule has 3 heteroatoms. The zero-order valence-corrected chi connectivity index (χ0v) is 10.0. The molecule has 2 atom stereocenters. The van der Waals surface area contributed by atoms with Crippen molar-refractivity contribution in [3.8, 4) is 0 Å². The molecular weight excluding hydrogens is 188 g/mol. The van der Waals surface area contributed by atoms with Crippen LogP contribution in [-0.2, 0) is 4.74 Å².